The average molecular weight is 158 g/mol. The van der Waals surface area contributed by atoms with Crippen LogP contribution in [0.2, 0.25) is 0 Å². The molecule has 0 bridgehead atoms. The third-order valence-corrected chi connectivity index (χ3v) is 2.15. The van der Waals surface area contributed by atoms with Gasteiger partial charge in [0.2, 0.25) is 0 Å². The van der Waals surface area contributed by atoms with Gasteiger partial charge in [0.15, 0.2) is 0 Å². The van der Waals surface area contributed by atoms with Gasteiger partial charge in [-0.05, 0) is 19.3 Å². The highest BCUT2D eigenvalue weighted by Gasteiger charge is 2.43. The minimum absolute atomic E-state index is 0.317. The molecular weight excluding hydrogens is 146 g/mol. The van der Waals surface area contributed by atoms with Gasteiger partial charge in [0.25, 0.3) is 0 Å². The molecule has 63 valence electrons. The van der Waals surface area contributed by atoms with Crippen LogP contribution in [0.5, 0.6) is 0 Å². The van der Waals surface area contributed by atoms with Crippen LogP contribution in [0, 0.1) is 16.5 Å². The fraction of sp³-hybridized carbons (Fsp3) is 0.857. The van der Waals surface area contributed by atoms with Crippen molar-refractivity contribution in [2.75, 3.05) is 7.11 Å². The SMILES string of the molecule is COC1([N+](=O)[O-])C[CH]CCC1. The molecule has 0 aromatic carbocycles. The maximum absolute atomic E-state index is 10.6. The molecule has 1 rings (SSSR count). The fourth-order valence-corrected chi connectivity index (χ4v) is 1.38. The zero-order valence-electron chi connectivity index (χ0n) is 6.58. The first-order chi connectivity index (χ1) is 5.21. The molecule has 0 saturated heterocycles. The van der Waals surface area contributed by atoms with Crippen LogP contribution in [0.3, 0.4) is 0 Å². The van der Waals surface area contributed by atoms with E-state index in [1.807, 2.05) is 6.42 Å². The van der Waals surface area contributed by atoms with Crippen molar-refractivity contribution in [2.45, 2.75) is 31.4 Å². The smallest absolute Gasteiger partial charge is 0.318 e. The Hall–Kier alpha value is -0.640. The molecule has 1 saturated carbocycles. The second-order valence-corrected chi connectivity index (χ2v) is 2.79. The third kappa shape index (κ3) is 1.50. The summed E-state index contributed by atoms with van der Waals surface area (Å²) in [5.41, 5.74) is -1.11. The van der Waals surface area contributed by atoms with Crippen LogP contribution >= 0.6 is 0 Å². The van der Waals surface area contributed by atoms with Crippen molar-refractivity contribution in [1.82, 2.24) is 0 Å². The molecule has 0 aliphatic heterocycles. The molecular formula is C7H12NO3. The summed E-state index contributed by atoms with van der Waals surface area (Å²) in [5.74, 6) is 0. The maximum atomic E-state index is 10.6. The van der Waals surface area contributed by atoms with Crippen molar-refractivity contribution in [3.05, 3.63) is 16.5 Å². The fourth-order valence-electron chi connectivity index (χ4n) is 1.38. The predicted molar refractivity (Wildman–Crippen MR) is 39.5 cm³/mol. The van der Waals surface area contributed by atoms with E-state index >= 15 is 0 Å². The van der Waals surface area contributed by atoms with E-state index in [1.54, 1.807) is 0 Å². The van der Waals surface area contributed by atoms with E-state index in [0.717, 1.165) is 12.8 Å². The third-order valence-electron chi connectivity index (χ3n) is 2.15. The number of methoxy groups -OCH3 is 1. The Morgan fingerprint density at radius 3 is 2.73 bits per heavy atom. The molecule has 1 radical (unpaired) electrons. The summed E-state index contributed by atoms with van der Waals surface area (Å²) >= 11 is 0. The summed E-state index contributed by atoms with van der Waals surface area (Å²) in [5, 5.41) is 10.6. The number of nitro groups is 1. The van der Waals surface area contributed by atoms with Crippen molar-refractivity contribution in [1.29, 1.82) is 0 Å². The molecule has 4 heteroatoms. The number of ether oxygens (including phenoxy) is 1. The molecule has 1 atom stereocenters. The first-order valence-corrected chi connectivity index (χ1v) is 3.72. The minimum atomic E-state index is -1.11. The van der Waals surface area contributed by atoms with E-state index in [2.05, 4.69) is 0 Å². The Balaban J connectivity index is 2.64. The highest BCUT2D eigenvalue weighted by atomic mass is 16.7. The second-order valence-electron chi connectivity index (χ2n) is 2.79. The van der Waals surface area contributed by atoms with Crippen LogP contribution in [-0.2, 0) is 4.74 Å². The van der Waals surface area contributed by atoms with E-state index in [9.17, 15) is 10.1 Å². The summed E-state index contributed by atoms with van der Waals surface area (Å²) in [6, 6.07) is 0. The Morgan fingerprint density at radius 2 is 2.45 bits per heavy atom. The topological polar surface area (TPSA) is 52.4 Å². The molecule has 0 heterocycles. The van der Waals surface area contributed by atoms with Crippen molar-refractivity contribution in [2.24, 2.45) is 0 Å². The first kappa shape index (κ1) is 8.46. The van der Waals surface area contributed by atoms with E-state index in [1.165, 1.54) is 7.11 Å². The first-order valence-electron chi connectivity index (χ1n) is 3.72. The second kappa shape index (κ2) is 3.17. The molecule has 1 unspecified atom stereocenters. The van der Waals surface area contributed by atoms with Crippen molar-refractivity contribution in [3.63, 3.8) is 0 Å². The molecule has 1 fully saturated rings. The van der Waals surface area contributed by atoms with Gasteiger partial charge >= 0.3 is 5.72 Å². The Kier molecular flexibility index (Phi) is 2.44. The standard InChI is InChI=1S/C7H12NO3/c1-11-7(8(9)10)5-3-2-4-6-7/h3H,2,4-6H2,1H3. The summed E-state index contributed by atoms with van der Waals surface area (Å²) in [6.07, 6.45) is 4.73. The Morgan fingerprint density at radius 1 is 1.73 bits per heavy atom. The monoisotopic (exact) mass is 158 g/mol. The van der Waals surface area contributed by atoms with Gasteiger partial charge in [0.05, 0.1) is 4.92 Å². The van der Waals surface area contributed by atoms with Gasteiger partial charge in [-0.3, -0.25) is 10.1 Å². The van der Waals surface area contributed by atoms with Gasteiger partial charge in [0, 0.05) is 20.0 Å². The van der Waals surface area contributed by atoms with Crippen LogP contribution in [0.15, 0.2) is 0 Å². The number of hydrogen-bond acceptors (Lipinski definition) is 3. The number of hydrogen-bond donors (Lipinski definition) is 0. The van der Waals surface area contributed by atoms with Crippen molar-refractivity contribution < 1.29 is 9.66 Å². The van der Waals surface area contributed by atoms with E-state index in [0.29, 0.717) is 12.8 Å². The van der Waals surface area contributed by atoms with Crippen LogP contribution < -0.4 is 0 Å². The summed E-state index contributed by atoms with van der Waals surface area (Å²) in [7, 11) is 1.40. The lowest BCUT2D eigenvalue weighted by molar-refractivity contribution is -0.630. The Bertz CT molecular complexity index is 152. The lowest BCUT2D eigenvalue weighted by Gasteiger charge is -2.26. The van der Waals surface area contributed by atoms with Gasteiger partial charge in [-0.1, -0.05) is 0 Å². The Labute approximate surface area is 65.7 Å². The van der Waals surface area contributed by atoms with E-state index < -0.39 is 5.72 Å². The zero-order chi connectivity index (χ0) is 8.32. The molecule has 1 aliphatic carbocycles. The zero-order valence-corrected chi connectivity index (χ0v) is 6.58. The molecule has 11 heavy (non-hydrogen) atoms. The van der Waals surface area contributed by atoms with Crippen molar-refractivity contribution in [3.8, 4) is 0 Å². The van der Waals surface area contributed by atoms with Crippen LogP contribution in [0.25, 0.3) is 0 Å². The highest BCUT2D eigenvalue weighted by molar-refractivity contribution is 4.83. The molecule has 0 aromatic heterocycles. The maximum Gasteiger partial charge on any atom is 0.324 e. The molecule has 1 aliphatic rings. The summed E-state index contributed by atoms with van der Waals surface area (Å²) in [4.78, 5) is 10.3. The summed E-state index contributed by atoms with van der Waals surface area (Å²) < 4.78 is 4.91. The number of rotatable bonds is 2. The van der Waals surface area contributed by atoms with Gasteiger partial charge < -0.3 is 4.74 Å². The predicted octanol–water partition coefficient (Wildman–Crippen LogP) is 1.38. The van der Waals surface area contributed by atoms with Gasteiger partial charge in [-0.15, -0.1) is 0 Å². The van der Waals surface area contributed by atoms with Gasteiger partial charge in [-0.2, -0.15) is 0 Å². The van der Waals surface area contributed by atoms with E-state index in [-0.39, 0.29) is 4.92 Å². The van der Waals surface area contributed by atoms with E-state index in [4.69, 9.17) is 4.74 Å². The molecule has 0 N–H and O–H groups in total. The number of nitrogens with zero attached hydrogens (tertiary/aromatic N) is 1. The molecule has 4 nitrogen and oxygen atoms in total. The normalized spacial score (nSPS) is 23.0. The highest BCUT2D eigenvalue weighted by Crippen LogP contribution is 2.30. The van der Waals surface area contributed by atoms with Crippen LogP contribution in [0.4, 0.5) is 0 Å². The molecule has 0 spiro atoms. The quantitative estimate of drug-likeness (QED) is 0.346. The van der Waals surface area contributed by atoms with Gasteiger partial charge in [-0.25, -0.2) is 0 Å². The largest absolute Gasteiger partial charge is 0.324 e. The minimum Gasteiger partial charge on any atom is -0.318 e. The lowest BCUT2D eigenvalue weighted by Crippen LogP contribution is -2.42. The van der Waals surface area contributed by atoms with Crippen molar-refractivity contribution >= 4 is 0 Å². The van der Waals surface area contributed by atoms with Crippen LogP contribution in [-0.4, -0.2) is 17.8 Å². The summed E-state index contributed by atoms with van der Waals surface area (Å²) in [6.45, 7) is 0. The lowest BCUT2D eigenvalue weighted by atomic mass is 9.92. The average Bonchev–Trinajstić information content (AvgIpc) is 2.05. The molecule has 0 amide bonds. The molecule has 0 aromatic rings. The van der Waals surface area contributed by atoms with Gasteiger partial charge in [0.1, 0.15) is 0 Å². The van der Waals surface area contributed by atoms with Crippen LogP contribution in [0.1, 0.15) is 25.7 Å².